The Kier molecular flexibility index (Phi) is 35.4. The summed E-state index contributed by atoms with van der Waals surface area (Å²) in [5.74, 6) is -4.37. The lowest BCUT2D eigenvalue weighted by Gasteiger charge is -2.41. The van der Waals surface area contributed by atoms with Crippen LogP contribution in [0.1, 0.15) is 25.0 Å². The zero-order valence-electron chi connectivity index (χ0n) is 54.5. The van der Waals surface area contributed by atoms with Crippen molar-refractivity contribution in [2.24, 2.45) is 11.5 Å². The van der Waals surface area contributed by atoms with Gasteiger partial charge >= 0.3 is 11.9 Å². The summed E-state index contributed by atoms with van der Waals surface area (Å²) in [6.45, 7) is 12.0. The highest BCUT2D eigenvalue weighted by Crippen LogP contribution is 2.27. The second kappa shape index (κ2) is 42.9. The third kappa shape index (κ3) is 28.6. The number of nitrogens with zero attached hydrogens (tertiary/aromatic N) is 4. The van der Waals surface area contributed by atoms with Gasteiger partial charge in [0.05, 0.1) is 83.6 Å². The minimum absolute atomic E-state index is 0.240. The average Bonchev–Trinajstić information content (AvgIpc) is 0.804. The van der Waals surface area contributed by atoms with E-state index in [2.05, 4.69) is 75.6 Å². The van der Waals surface area contributed by atoms with Crippen LogP contribution >= 0.6 is 0 Å². The molecule has 4 aliphatic rings. The van der Waals surface area contributed by atoms with Crippen LogP contribution in [0.15, 0.2) is 41.9 Å². The molecule has 0 aromatic heterocycles. The van der Waals surface area contributed by atoms with Crippen LogP contribution in [0.25, 0.3) is 0 Å². The number of carbonyl (C=O) groups excluding carboxylic acids is 4. The summed E-state index contributed by atoms with van der Waals surface area (Å²) in [4.78, 5) is 83.8. The number of nitrogens with two attached hydrogens (primary N) is 2. The van der Waals surface area contributed by atoms with Crippen molar-refractivity contribution in [2.75, 3.05) is 178 Å². The Labute approximate surface area is 557 Å². The van der Waals surface area contributed by atoms with E-state index in [0.29, 0.717) is 65.9 Å². The molecule has 4 heterocycles. The minimum Gasteiger partial charge on any atom is -0.491 e. The van der Waals surface area contributed by atoms with Gasteiger partial charge in [0, 0.05) is 105 Å². The van der Waals surface area contributed by atoms with Gasteiger partial charge in [-0.05, 0) is 48.3 Å². The van der Waals surface area contributed by atoms with Crippen molar-refractivity contribution in [1.29, 1.82) is 10.8 Å². The quantitative estimate of drug-likeness (QED) is 0.0125. The van der Waals surface area contributed by atoms with E-state index in [1.165, 1.54) is 13.8 Å². The van der Waals surface area contributed by atoms with E-state index in [9.17, 15) is 59.4 Å². The van der Waals surface area contributed by atoms with E-state index < -0.39 is 146 Å². The van der Waals surface area contributed by atoms with E-state index in [1.54, 1.807) is 0 Å². The molecule has 10 atom stereocenters. The fraction of sp³-hybridized carbons (Fsp3) is 0.672. The van der Waals surface area contributed by atoms with Crippen molar-refractivity contribution in [3.63, 3.8) is 0 Å². The standard InChI is InChI=1S/C61H98N14O21/c1-4-21-88-22-23-89-24-25-90-26-27-91-28-29-92-43-31-41(5-9-72-13-17-74(18-14-72)11-7-66-50(82)37-93-54(46(80)35-76)56-52(68-39(2)78)44(70-60(62)63)33-48(95-56)58(84)85)30-42(32-43)6-10-73-15-19-75(20-16-73)12-8-67-51(83)38-94-55(47(81)36-77)57-53(69-40(3)79)45(71-61(64)65)34-49(96-57)59(86)87/h1,30-34,44-47,52-57,76-77,80-81H,5-29,35-38H2,2-3H3,(H,66,82)(H,67,83)(H,68,78)(H,69,79)(H,84,85)(H,86,87)(H4,62,63,70)(H4,64,65,71)/t44-,45-,46+,47+,52+,53+,54+,55+,56+,57+/m0/s1. The molecule has 4 aliphatic heterocycles. The first kappa shape index (κ1) is 79.2. The first-order valence-electron chi connectivity index (χ1n) is 31.8. The fourth-order valence-electron chi connectivity index (χ4n) is 11.0. The maximum Gasteiger partial charge on any atom is 0.370 e. The van der Waals surface area contributed by atoms with Crippen LogP contribution in [0.5, 0.6) is 5.75 Å². The number of hydrogen-bond donors (Lipinski definition) is 16. The van der Waals surface area contributed by atoms with Crippen molar-refractivity contribution < 1.29 is 102 Å². The smallest absolute Gasteiger partial charge is 0.370 e. The number of aliphatic carboxylic acids is 2. The van der Waals surface area contributed by atoms with Gasteiger partial charge in [-0.1, -0.05) is 12.0 Å². The summed E-state index contributed by atoms with van der Waals surface area (Å²) in [6.07, 6.45) is -0.381. The molecule has 2 fully saturated rings. The van der Waals surface area contributed by atoms with Crippen LogP contribution in [0.4, 0.5) is 0 Å². The number of aliphatic hydroxyl groups is 4. The topological polar surface area (TPSA) is 492 Å². The highest BCUT2D eigenvalue weighted by atomic mass is 16.6. The second-order valence-electron chi connectivity index (χ2n) is 23.0. The Morgan fingerprint density at radius 3 is 1.29 bits per heavy atom. The van der Waals surface area contributed by atoms with Gasteiger partial charge in [0.1, 0.15) is 56.6 Å². The van der Waals surface area contributed by atoms with Crippen LogP contribution in [0.2, 0.25) is 0 Å². The highest BCUT2D eigenvalue weighted by Gasteiger charge is 2.47. The number of nitrogens with one attached hydrogen (secondary N) is 8. The van der Waals surface area contributed by atoms with Crippen LogP contribution < -0.4 is 48.1 Å². The van der Waals surface area contributed by atoms with Gasteiger partial charge in [-0.2, -0.15) is 0 Å². The maximum atomic E-state index is 13.1. The van der Waals surface area contributed by atoms with Crippen LogP contribution in [-0.2, 0) is 79.5 Å². The number of benzene rings is 1. The predicted octanol–water partition coefficient (Wildman–Crippen LogP) is -6.76. The van der Waals surface area contributed by atoms with Gasteiger partial charge in [-0.25, -0.2) is 9.59 Å². The molecular weight excluding hydrogens is 1260 g/mol. The summed E-state index contributed by atoms with van der Waals surface area (Å²) >= 11 is 0. The molecule has 0 saturated carbocycles. The average molecular weight is 1360 g/mol. The van der Waals surface area contributed by atoms with Gasteiger partial charge in [0.2, 0.25) is 35.1 Å². The lowest BCUT2D eigenvalue weighted by Crippen LogP contribution is -2.64. The fourth-order valence-corrected chi connectivity index (χ4v) is 11.0. The zero-order valence-corrected chi connectivity index (χ0v) is 54.5. The SMILES string of the molecule is C#CCOCCOCCOCCOCCOc1cc(CCN2CCN(CCNC(=O)CO[C@@H]([C@@H]3OC(C(=O)O)=C[C@H](NC(=N)N)[C@H]3NC(C)=O)[C@H](O)CO)CC2)cc(CCN2CCN(CCNC(=O)CO[C@@H]([C@@H]3OC(C(=O)O)=C[C@H](NC(=N)N)[C@H]3NC(C)=O)[C@H](O)CO)CC2)c1. The molecule has 538 valence electrons. The molecule has 0 spiro atoms. The van der Waals surface area contributed by atoms with Crippen molar-refractivity contribution >= 4 is 47.5 Å². The first-order chi connectivity index (χ1) is 46.1. The molecule has 4 amide bonds. The van der Waals surface area contributed by atoms with Crippen LogP contribution in [0, 0.1) is 23.2 Å². The highest BCUT2D eigenvalue weighted by molar-refractivity contribution is 5.86. The van der Waals surface area contributed by atoms with Crippen molar-refractivity contribution in [3.8, 4) is 18.1 Å². The Bertz CT molecular complexity index is 2590. The van der Waals surface area contributed by atoms with E-state index in [1.807, 2.05) is 0 Å². The van der Waals surface area contributed by atoms with Gasteiger partial charge in [-0.3, -0.25) is 39.8 Å². The number of hydrogen-bond acceptors (Lipinski definition) is 25. The van der Waals surface area contributed by atoms with Crippen LogP contribution in [-0.4, -0.2) is 336 Å². The molecule has 5 rings (SSSR count). The summed E-state index contributed by atoms with van der Waals surface area (Å²) in [7, 11) is 0. The number of amides is 4. The largest absolute Gasteiger partial charge is 0.491 e. The summed E-state index contributed by atoms with van der Waals surface area (Å²) < 4.78 is 51.1. The first-order valence-corrected chi connectivity index (χ1v) is 31.8. The Hall–Kier alpha value is -7.54. The number of guanidine groups is 2. The minimum atomic E-state index is -1.67. The molecule has 0 bridgehead atoms. The molecular formula is C61H98N14O21. The molecule has 18 N–H and O–H groups in total. The molecule has 0 radical (unpaired) electrons. The molecule has 35 heteroatoms. The van der Waals surface area contributed by atoms with Gasteiger partial charge in [0.15, 0.2) is 24.1 Å². The Morgan fingerprint density at radius 1 is 0.583 bits per heavy atom. The molecule has 1 aromatic carbocycles. The molecule has 96 heavy (non-hydrogen) atoms. The molecule has 35 nitrogen and oxygen atoms in total. The molecule has 1 aromatic rings. The summed E-state index contributed by atoms with van der Waals surface area (Å²) in [5, 5.41) is 92.2. The van der Waals surface area contributed by atoms with Crippen molar-refractivity contribution in [3.05, 3.63) is 53.0 Å². The van der Waals surface area contributed by atoms with Crippen molar-refractivity contribution in [2.45, 2.75) is 87.5 Å². The molecule has 2 saturated heterocycles. The number of ether oxygens (including phenoxy) is 9. The summed E-state index contributed by atoms with van der Waals surface area (Å²) in [6, 6.07) is 1.84. The Morgan fingerprint density at radius 2 is 0.948 bits per heavy atom. The lowest BCUT2D eigenvalue weighted by atomic mass is 9.91. The van der Waals surface area contributed by atoms with E-state index in [0.717, 1.165) is 107 Å². The van der Waals surface area contributed by atoms with Gasteiger partial charge in [0.25, 0.3) is 0 Å². The number of carboxylic acid groups (broad SMARTS) is 2. The van der Waals surface area contributed by atoms with Crippen LogP contribution in [0.3, 0.4) is 0 Å². The zero-order chi connectivity index (χ0) is 69.9. The number of piperazine rings is 2. The van der Waals surface area contributed by atoms with E-state index >= 15 is 0 Å². The van der Waals surface area contributed by atoms with Gasteiger partial charge in [-0.15, -0.1) is 6.42 Å². The van der Waals surface area contributed by atoms with E-state index in [4.69, 9.17) is 71.3 Å². The van der Waals surface area contributed by atoms with E-state index in [-0.39, 0.29) is 19.7 Å². The number of rotatable bonds is 44. The lowest BCUT2D eigenvalue weighted by molar-refractivity contribution is -0.159. The molecule has 0 aliphatic carbocycles. The number of terminal acetylenes is 1. The monoisotopic (exact) mass is 1360 g/mol. The molecule has 0 unspecified atom stereocenters. The van der Waals surface area contributed by atoms with Gasteiger partial charge < -0.3 is 126 Å². The predicted molar refractivity (Wildman–Crippen MR) is 343 cm³/mol. The normalized spacial score (nSPS) is 21.4. The second-order valence-corrected chi connectivity index (χ2v) is 23.0. The third-order valence-electron chi connectivity index (χ3n) is 15.8. The Balaban J connectivity index is 1.08. The summed E-state index contributed by atoms with van der Waals surface area (Å²) in [5.41, 5.74) is 13.3. The van der Waals surface area contributed by atoms with Crippen molar-refractivity contribution in [1.82, 2.24) is 51.5 Å². The number of carboxylic acids is 2. The number of aliphatic hydroxyl groups excluding tert-OH is 4. The number of carbonyl (C=O) groups is 6. The maximum absolute atomic E-state index is 13.1. The third-order valence-corrected chi connectivity index (χ3v) is 15.8.